The third-order valence-electron chi connectivity index (χ3n) is 2.74. The predicted octanol–water partition coefficient (Wildman–Crippen LogP) is 2.95. The number of hydrogen-bond donors (Lipinski definition) is 0. The topological polar surface area (TPSA) is 44.1 Å². The quantitative estimate of drug-likeness (QED) is 0.863. The number of nitrogens with zero attached hydrogens (tertiary/aromatic N) is 2. The minimum absolute atomic E-state index is 0.114. The van der Waals surface area contributed by atoms with Crippen molar-refractivity contribution in [1.29, 1.82) is 0 Å². The van der Waals surface area contributed by atoms with Gasteiger partial charge in [0, 0.05) is 18.0 Å². The first-order valence-corrected chi connectivity index (χ1v) is 6.91. The Balaban J connectivity index is 1.74. The van der Waals surface area contributed by atoms with Crippen LogP contribution in [0.1, 0.15) is 22.5 Å². The lowest BCUT2D eigenvalue weighted by Gasteiger charge is -1.96. The van der Waals surface area contributed by atoms with E-state index in [0.717, 1.165) is 24.5 Å². The van der Waals surface area contributed by atoms with Crippen LogP contribution in [0.3, 0.4) is 0 Å². The Morgan fingerprint density at radius 2 is 2.37 bits per heavy atom. The zero-order valence-corrected chi connectivity index (χ0v) is 11.0. The molecule has 0 spiro atoms. The van der Waals surface area contributed by atoms with Crippen LogP contribution in [0.25, 0.3) is 6.08 Å². The van der Waals surface area contributed by atoms with Crippen molar-refractivity contribution >= 4 is 23.3 Å². The molecule has 2 aromatic rings. The number of aromatic nitrogens is 2. The Morgan fingerprint density at radius 1 is 1.42 bits per heavy atom. The summed E-state index contributed by atoms with van der Waals surface area (Å²) in [6.45, 7) is 0.741. The molecule has 0 bridgehead atoms. The van der Waals surface area contributed by atoms with Crippen molar-refractivity contribution in [3.8, 4) is 0 Å². The van der Waals surface area contributed by atoms with Crippen LogP contribution < -0.4 is 0 Å². The zero-order valence-electron chi connectivity index (χ0n) is 10.2. The van der Waals surface area contributed by atoms with Crippen LogP contribution in [0.15, 0.2) is 47.0 Å². The van der Waals surface area contributed by atoms with Gasteiger partial charge in [-0.25, -0.2) is 4.68 Å². The van der Waals surface area contributed by atoms with Crippen LogP contribution in [0.4, 0.5) is 0 Å². The fourth-order valence-electron chi connectivity index (χ4n) is 1.78. The molecule has 19 heavy (non-hydrogen) atoms. The molecular formula is C14H12N2O2S. The summed E-state index contributed by atoms with van der Waals surface area (Å²) in [5.41, 5.74) is 1.39. The summed E-state index contributed by atoms with van der Waals surface area (Å²) >= 11 is 1.50. The predicted molar refractivity (Wildman–Crippen MR) is 74.0 cm³/mol. The highest BCUT2D eigenvalue weighted by Crippen LogP contribution is 2.12. The summed E-state index contributed by atoms with van der Waals surface area (Å²) in [4.78, 5) is 12.0. The maximum absolute atomic E-state index is 12.0. The van der Waals surface area contributed by atoms with Gasteiger partial charge in [-0.1, -0.05) is 0 Å². The number of thiophene rings is 1. The lowest BCUT2D eigenvalue weighted by molar-refractivity contribution is 0.0945. The number of allylic oxidation sites excluding steroid dienone is 1. The molecular weight excluding hydrogens is 260 g/mol. The molecule has 4 nitrogen and oxygen atoms in total. The first-order chi connectivity index (χ1) is 9.33. The Hall–Kier alpha value is -2.14. The van der Waals surface area contributed by atoms with Gasteiger partial charge in [-0.2, -0.15) is 16.4 Å². The Morgan fingerprint density at radius 3 is 3.11 bits per heavy atom. The molecule has 0 radical (unpaired) electrons. The first-order valence-electron chi connectivity index (χ1n) is 5.96. The third-order valence-corrected chi connectivity index (χ3v) is 3.42. The second kappa shape index (κ2) is 5.24. The molecule has 0 fully saturated rings. The molecule has 0 aliphatic carbocycles. The molecule has 0 N–H and O–H groups in total. The maximum atomic E-state index is 12.0. The molecule has 3 rings (SSSR count). The second-order valence-electron chi connectivity index (χ2n) is 4.08. The van der Waals surface area contributed by atoms with E-state index in [-0.39, 0.29) is 5.91 Å². The van der Waals surface area contributed by atoms with Crippen molar-refractivity contribution < 1.29 is 9.53 Å². The fraction of sp³-hybridized carbons (Fsp3) is 0.143. The van der Waals surface area contributed by atoms with Crippen molar-refractivity contribution in [3.05, 3.63) is 58.3 Å². The smallest absolute Gasteiger partial charge is 0.278 e. The van der Waals surface area contributed by atoms with Crippen molar-refractivity contribution in [1.82, 2.24) is 9.78 Å². The van der Waals surface area contributed by atoms with Gasteiger partial charge in [0.1, 0.15) is 5.76 Å². The van der Waals surface area contributed by atoms with Gasteiger partial charge in [0.25, 0.3) is 5.91 Å². The highest BCUT2D eigenvalue weighted by Gasteiger charge is 2.09. The number of carbonyl (C=O) groups excluding carboxylic acids is 1. The van der Waals surface area contributed by atoms with E-state index in [0.29, 0.717) is 5.56 Å². The molecule has 1 aliphatic rings. The van der Waals surface area contributed by atoms with E-state index in [1.807, 2.05) is 29.0 Å². The molecule has 2 aromatic heterocycles. The molecule has 1 aliphatic heterocycles. The highest BCUT2D eigenvalue weighted by atomic mass is 32.1. The van der Waals surface area contributed by atoms with Crippen molar-refractivity contribution in [2.24, 2.45) is 0 Å². The second-order valence-corrected chi connectivity index (χ2v) is 4.86. The van der Waals surface area contributed by atoms with Crippen molar-refractivity contribution in [3.63, 3.8) is 0 Å². The van der Waals surface area contributed by atoms with E-state index in [1.165, 1.54) is 16.0 Å². The lowest BCUT2D eigenvalue weighted by Crippen LogP contribution is -2.11. The van der Waals surface area contributed by atoms with E-state index in [2.05, 4.69) is 5.10 Å². The first kappa shape index (κ1) is 11.9. The molecule has 0 saturated carbocycles. The van der Waals surface area contributed by atoms with E-state index in [1.54, 1.807) is 18.3 Å². The van der Waals surface area contributed by atoms with Crippen LogP contribution in [0.5, 0.6) is 0 Å². The van der Waals surface area contributed by atoms with E-state index < -0.39 is 0 Å². The minimum atomic E-state index is -0.114. The van der Waals surface area contributed by atoms with E-state index in [9.17, 15) is 4.79 Å². The van der Waals surface area contributed by atoms with Gasteiger partial charge in [-0.15, -0.1) is 0 Å². The van der Waals surface area contributed by atoms with Gasteiger partial charge in [-0.05, 0) is 35.7 Å². The molecule has 0 atom stereocenters. The van der Waals surface area contributed by atoms with Crippen molar-refractivity contribution in [2.75, 3.05) is 6.61 Å². The van der Waals surface area contributed by atoms with E-state index >= 15 is 0 Å². The summed E-state index contributed by atoms with van der Waals surface area (Å²) in [6.07, 6.45) is 8.36. The standard InChI is InChI=1S/C14H12N2O2S/c17-14(11-6-9-19-10-11)16-7-5-12(15-16)3-4-13-2-1-8-18-13/h2-7,9-10H,1,8H2/b4-3+. The normalized spacial score (nSPS) is 14.6. The largest absolute Gasteiger partial charge is 0.494 e. The zero-order chi connectivity index (χ0) is 13.1. The van der Waals surface area contributed by atoms with Gasteiger partial charge in [0.15, 0.2) is 0 Å². The van der Waals surface area contributed by atoms with Gasteiger partial charge in [0.2, 0.25) is 0 Å². The van der Waals surface area contributed by atoms with Crippen molar-refractivity contribution in [2.45, 2.75) is 6.42 Å². The highest BCUT2D eigenvalue weighted by molar-refractivity contribution is 7.08. The summed E-state index contributed by atoms with van der Waals surface area (Å²) in [5.74, 6) is 0.746. The average molecular weight is 272 g/mol. The monoisotopic (exact) mass is 272 g/mol. The fourth-order valence-corrected chi connectivity index (χ4v) is 2.41. The van der Waals surface area contributed by atoms with Gasteiger partial charge < -0.3 is 4.74 Å². The summed E-state index contributed by atoms with van der Waals surface area (Å²) in [5, 5.41) is 7.92. The average Bonchev–Trinajstić information content (AvgIpc) is 3.16. The minimum Gasteiger partial charge on any atom is -0.494 e. The Kier molecular flexibility index (Phi) is 3.29. The van der Waals surface area contributed by atoms with Crippen LogP contribution >= 0.6 is 11.3 Å². The van der Waals surface area contributed by atoms with Gasteiger partial charge in [-0.3, -0.25) is 4.79 Å². The third kappa shape index (κ3) is 2.66. The molecule has 0 saturated heterocycles. The summed E-state index contributed by atoms with van der Waals surface area (Å²) < 4.78 is 6.71. The molecule has 0 unspecified atom stereocenters. The summed E-state index contributed by atoms with van der Waals surface area (Å²) in [7, 11) is 0. The SMILES string of the molecule is O=C(c1ccsc1)n1ccc(/C=C/C2=CCCO2)n1. The number of hydrogen-bond acceptors (Lipinski definition) is 4. The van der Waals surface area contributed by atoms with Crippen LogP contribution in [0, 0.1) is 0 Å². The molecule has 5 heteroatoms. The van der Waals surface area contributed by atoms with Crippen LogP contribution in [-0.2, 0) is 4.74 Å². The molecule has 3 heterocycles. The number of rotatable bonds is 3. The molecule has 0 aromatic carbocycles. The van der Waals surface area contributed by atoms with Gasteiger partial charge in [0.05, 0.1) is 17.9 Å². The van der Waals surface area contributed by atoms with Gasteiger partial charge >= 0.3 is 0 Å². The van der Waals surface area contributed by atoms with Crippen LogP contribution in [0.2, 0.25) is 0 Å². The molecule has 96 valence electrons. The Labute approximate surface area is 114 Å². The summed E-state index contributed by atoms with van der Waals surface area (Å²) in [6, 6.07) is 3.59. The van der Waals surface area contributed by atoms with E-state index in [4.69, 9.17) is 4.74 Å². The molecule has 0 amide bonds. The number of ether oxygens (including phenoxy) is 1. The van der Waals surface area contributed by atoms with Crippen LogP contribution in [-0.4, -0.2) is 22.3 Å². The Bertz CT molecular complexity index is 638. The maximum Gasteiger partial charge on any atom is 0.278 e. The lowest BCUT2D eigenvalue weighted by atomic mass is 10.3. The number of carbonyl (C=O) groups is 1.